The number of likely N-dealkylation sites (tertiary alicyclic amines) is 1. The van der Waals surface area contributed by atoms with Crippen molar-refractivity contribution in [3.05, 3.63) is 28.8 Å². The quantitative estimate of drug-likeness (QED) is 0.702. The molecule has 0 spiro atoms. The van der Waals surface area contributed by atoms with Crippen LogP contribution in [0.3, 0.4) is 0 Å². The molecule has 9 heteroatoms. The van der Waals surface area contributed by atoms with Gasteiger partial charge in [-0.3, -0.25) is 4.90 Å². The Bertz CT molecular complexity index is 846. The Kier molecular flexibility index (Phi) is 6.11. The molecule has 0 radical (unpaired) electrons. The molecular formula is C18H24ClNO6S. The summed E-state index contributed by atoms with van der Waals surface area (Å²) in [7, 11) is -2.59. The topological polar surface area (TPSA) is 90.0 Å². The van der Waals surface area contributed by atoms with Gasteiger partial charge in [0.25, 0.3) is 0 Å². The first-order valence-corrected chi connectivity index (χ1v) is 10.4. The summed E-state index contributed by atoms with van der Waals surface area (Å²) in [5.74, 6) is -0.675. The number of sulfone groups is 1. The van der Waals surface area contributed by atoms with Crippen molar-refractivity contribution in [2.24, 2.45) is 0 Å². The molecule has 1 aromatic carbocycles. The van der Waals surface area contributed by atoms with E-state index in [1.807, 2.05) is 0 Å². The predicted octanol–water partition coefficient (Wildman–Crippen LogP) is 2.97. The molecule has 2 atom stereocenters. The van der Waals surface area contributed by atoms with E-state index in [-0.39, 0.29) is 17.9 Å². The van der Waals surface area contributed by atoms with Gasteiger partial charge in [-0.1, -0.05) is 11.6 Å². The van der Waals surface area contributed by atoms with Gasteiger partial charge in [-0.25, -0.2) is 18.0 Å². The fourth-order valence-electron chi connectivity index (χ4n) is 3.02. The van der Waals surface area contributed by atoms with E-state index in [9.17, 15) is 18.0 Å². The molecular weight excluding hydrogens is 394 g/mol. The van der Waals surface area contributed by atoms with Crippen LogP contribution in [0.15, 0.2) is 23.1 Å². The number of hydrogen-bond donors (Lipinski definition) is 0. The summed E-state index contributed by atoms with van der Waals surface area (Å²) in [6.45, 7) is 6.58. The van der Waals surface area contributed by atoms with Crippen molar-refractivity contribution < 1.29 is 27.5 Å². The van der Waals surface area contributed by atoms with Gasteiger partial charge in [0.2, 0.25) is 0 Å². The molecule has 1 fully saturated rings. The van der Waals surface area contributed by atoms with Crippen molar-refractivity contribution in [2.45, 2.75) is 55.9 Å². The van der Waals surface area contributed by atoms with Crippen molar-refractivity contribution in [3.63, 3.8) is 0 Å². The van der Waals surface area contributed by atoms with Crippen LogP contribution in [-0.4, -0.2) is 55.9 Å². The van der Waals surface area contributed by atoms with Crippen LogP contribution in [0.25, 0.3) is 0 Å². The molecule has 1 amide bonds. The average Bonchev–Trinajstić information content (AvgIpc) is 2.98. The van der Waals surface area contributed by atoms with Gasteiger partial charge >= 0.3 is 12.1 Å². The SMILES string of the molecule is COC(=O)[C@@H]1C[C@@H](S(=O)(=O)c2ccc(Cl)cc2C)CN1C(=O)OC(C)(C)C. The highest BCUT2D eigenvalue weighted by atomic mass is 35.5. The first-order valence-electron chi connectivity index (χ1n) is 8.44. The van der Waals surface area contributed by atoms with Gasteiger partial charge in [0.1, 0.15) is 11.6 Å². The number of rotatable bonds is 3. The van der Waals surface area contributed by atoms with E-state index in [1.54, 1.807) is 33.8 Å². The first-order chi connectivity index (χ1) is 12.4. The van der Waals surface area contributed by atoms with Gasteiger partial charge in [-0.2, -0.15) is 0 Å². The van der Waals surface area contributed by atoms with Gasteiger partial charge in [-0.15, -0.1) is 0 Å². The Morgan fingerprint density at radius 2 is 1.89 bits per heavy atom. The monoisotopic (exact) mass is 417 g/mol. The third-order valence-electron chi connectivity index (χ3n) is 4.25. The first kappa shape index (κ1) is 21.5. The molecule has 0 aromatic heterocycles. The molecule has 1 heterocycles. The number of aryl methyl sites for hydroxylation is 1. The lowest BCUT2D eigenvalue weighted by Gasteiger charge is -2.27. The summed E-state index contributed by atoms with van der Waals surface area (Å²) < 4.78 is 36.3. The molecule has 1 aliphatic rings. The van der Waals surface area contributed by atoms with Gasteiger partial charge in [-0.05, 0) is 57.9 Å². The van der Waals surface area contributed by atoms with Crippen LogP contribution >= 0.6 is 11.6 Å². The number of ether oxygens (including phenoxy) is 2. The summed E-state index contributed by atoms with van der Waals surface area (Å²) in [6.07, 6.45) is -0.806. The molecule has 150 valence electrons. The second kappa shape index (κ2) is 7.67. The van der Waals surface area contributed by atoms with Crippen molar-refractivity contribution in [1.29, 1.82) is 0 Å². The number of esters is 1. The fraction of sp³-hybridized carbons (Fsp3) is 0.556. The number of amides is 1. The number of benzene rings is 1. The molecule has 0 N–H and O–H groups in total. The number of carbonyl (C=O) groups excluding carboxylic acids is 2. The molecule has 0 bridgehead atoms. The number of halogens is 1. The van der Waals surface area contributed by atoms with Crippen LogP contribution in [0.5, 0.6) is 0 Å². The third kappa shape index (κ3) is 4.73. The number of methoxy groups -OCH3 is 1. The highest BCUT2D eigenvalue weighted by Gasteiger charge is 2.47. The van der Waals surface area contributed by atoms with E-state index < -0.39 is 38.8 Å². The van der Waals surface area contributed by atoms with E-state index in [2.05, 4.69) is 0 Å². The maximum absolute atomic E-state index is 13.1. The van der Waals surface area contributed by atoms with E-state index in [0.717, 1.165) is 4.90 Å². The molecule has 1 aromatic rings. The number of nitrogens with zero attached hydrogens (tertiary/aromatic N) is 1. The number of hydrogen-bond acceptors (Lipinski definition) is 6. The van der Waals surface area contributed by atoms with Gasteiger partial charge in [0, 0.05) is 11.6 Å². The maximum Gasteiger partial charge on any atom is 0.411 e. The summed E-state index contributed by atoms with van der Waals surface area (Å²) in [5.41, 5.74) is -0.269. The van der Waals surface area contributed by atoms with Crippen molar-refractivity contribution in [1.82, 2.24) is 4.90 Å². The smallest absolute Gasteiger partial charge is 0.411 e. The van der Waals surface area contributed by atoms with Crippen LogP contribution in [-0.2, 0) is 24.1 Å². The highest BCUT2D eigenvalue weighted by molar-refractivity contribution is 7.92. The Hall–Kier alpha value is -1.80. The minimum atomic E-state index is -3.79. The van der Waals surface area contributed by atoms with Crippen LogP contribution in [0.4, 0.5) is 4.79 Å². The molecule has 0 unspecified atom stereocenters. The van der Waals surface area contributed by atoms with Gasteiger partial charge in [0.05, 0.1) is 17.3 Å². The summed E-state index contributed by atoms with van der Waals surface area (Å²) in [4.78, 5) is 25.9. The lowest BCUT2D eigenvalue weighted by Crippen LogP contribution is -2.44. The molecule has 7 nitrogen and oxygen atoms in total. The maximum atomic E-state index is 13.1. The lowest BCUT2D eigenvalue weighted by molar-refractivity contribution is -0.145. The van der Waals surface area contributed by atoms with Crippen molar-refractivity contribution in [3.8, 4) is 0 Å². The average molecular weight is 418 g/mol. The molecule has 1 saturated heterocycles. The van der Waals surface area contributed by atoms with Crippen LogP contribution in [0.1, 0.15) is 32.8 Å². The summed E-state index contributed by atoms with van der Waals surface area (Å²) >= 11 is 5.91. The highest BCUT2D eigenvalue weighted by Crippen LogP contribution is 2.32. The van der Waals surface area contributed by atoms with E-state index in [0.29, 0.717) is 10.6 Å². The minimum absolute atomic E-state index is 0.0592. The van der Waals surface area contributed by atoms with Crippen LogP contribution < -0.4 is 0 Å². The molecule has 2 rings (SSSR count). The standard InChI is InChI=1S/C18H24ClNO6S/c1-11-8-12(19)6-7-15(11)27(23,24)13-9-14(16(21)25-5)20(10-13)17(22)26-18(2,3)4/h6-8,13-14H,9-10H2,1-5H3/t13-,14+/m1/s1. The molecule has 27 heavy (non-hydrogen) atoms. The van der Waals surface area contributed by atoms with Crippen LogP contribution in [0.2, 0.25) is 5.02 Å². The summed E-state index contributed by atoms with van der Waals surface area (Å²) in [5, 5.41) is -0.519. The van der Waals surface area contributed by atoms with Crippen molar-refractivity contribution in [2.75, 3.05) is 13.7 Å². The Balaban J connectivity index is 2.36. The second-order valence-electron chi connectivity index (χ2n) is 7.48. The Morgan fingerprint density at radius 3 is 2.41 bits per heavy atom. The van der Waals surface area contributed by atoms with Crippen molar-refractivity contribution >= 4 is 33.5 Å². The van der Waals surface area contributed by atoms with E-state index >= 15 is 0 Å². The minimum Gasteiger partial charge on any atom is -0.467 e. The Labute approximate surface area is 164 Å². The van der Waals surface area contributed by atoms with Gasteiger partial charge in [0.15, 0.2) is 9.84 Å². The largest absolute Gasteiger partial charge is 0.467 e. The second-order valence-corrected chi connectivity index (χ2v) is 10.1. The zero-order valence-corrected chi connectivity index (χ0v) is 17.6. The zero-order valence-electron chi connectivity index (χ0n) is 16.0. The van der Waals surface area contributed by atoms with Crippen LogP contribution in [0, 0.1) is 6.92 Å². The zero-order chi connectivity index (χ0) is 20.6. The molecule has 0 saturated carbocycles. The summed E-state index contributed by atoms with van der Waals surface area (Å²) in [6, 6.07) is 3.49. The van der Waals surface area contributed by atoms with Gasteiger partial charge < -0.3 is 9.47 Å². The molecule has 0 aliphatic carbocycles. The fourth-order valence-corrected chi connectivity index (χ4v) is 5.16. The normalized spacial score (nSPS) is 20.4. The molecule has 1 aliphatic heterocycles. The lowest BCUT2D eigenvalue weighted by atomic mass is 10.2. The predicted molar refractivity (Wildman–Crippen MR) is 101 cm³/mol. The van der Waals surface area contributed by atoms with E-state index in [1.165, 1.54) is 19.2 Å². The van der Waals surface area contributed by atoms with E-state index in [4.69, 9.17) is 21.1 Å². The Morgan fingerprint density at radius 1 is 1.26 bits per heavy atom. The third-order valence-corrected chi connectivity index (χ3v) is 6.77. The number of carbonyl (C=O) groups is 2.